The zero-order valence-corrected chi connectivity index (χ0v) is 11.0. The quantitative estimate of drug-likeness (QED) is 0.773. The number of carbonyl (C=O) groups is 1. The summed E-state index contributed by atoms with van der Waals surface area (Å²) in [6, 6.07) is 9.81. The Morgan fingerprint density at radius 2 is 2.11 bits per heavy atom. The van der Waals surface area contributed by atoms with Crippen LogP contribution in [-0.4, -0.2) is 16.1 Å². The summed E-state index contributed by atoms with van der Waals surface area (Å²) in [5.41, 5.74) is 1.11. The second-order valence-corrected chi connectivity index (χ2v) is 4.30. The molecule has 1 heterocycles. The summed E-state index contributed by atoms with van der Waals surface area (Å²) in [4.78, 5) is 15.7. The van der Waals surface area contributed by atoms with Gasteiger partial charge in [-0.25, -0.2) is 0 Å². The zero-order chi connectivity index (χ0) is 13.7. The summed E-state index contributed by atoms with van der Waals surface area (Å²) >= 11 is 0. The Hall–Kier alpha value is -2.17. The standard InChI is InChI=1S/C14H16N2O3/c1-10(14-15-11(2)16-19-14)18-13(17)9-8-12-6-4-3-5-7-12/h3-7,10H,8-9H2,1-2H3. The normalized spacial score (nSPS) is 12.1. The molecule has 2 aromatic rings. The predicted molar refractivity (Wildman–Crippen MR) is 68.3 cm³/mol. The fourth-order valence-corrected chi connectivity index (χ4v) is 1.68. The van der Waals surface area contributed by atoms with Gasteiger partial charge in [-0.1, -0.05) is 35.5 Å². The van der Waals surface area contributed by atoms with E-state index in [-0.39, 0.29) is 5.97 Å². The fourth-order valence-electron chi connectivity index (χ4n) is 1.68. The molecule has 1 aromatic carbocycles. The average molecular weight is 260 g/mol. The van der Waals surface area contributed by atoms with Crippen molar-refractivity contribution in [2.75, 3.05) is 0 Å². The van der Waals surface area contributed by atoms with Crippen LogP contribution in [0.5, 0.6) is 0 Å². The molecular formula is C14H16N2O3. The SMILES string of the molecule is Cc1noc(C(C)OC(=O)CCc2ccccc2)n1. The Morgan fingerprint density at radius 1 is 1.37 bits per heavy atom. The van der Waals surface area contributed by atoms with Crippen LogP contribution in [0.2, 0.25) is 0 Å². The van der Waals surface area contributed by atoms with Crippen molar-refractivity contribution in [1.29, 1.82) is 0 Å². The van der Waals surface area contributed by atoms with Gasteiger partial charge in [-0.3, -0.25) is 4.79 Å². The number of benzene rings is 1. The number of aromatic nitrogens is 2. The second kappa shape index (κ2) is 6.13. The van der Waals surface area contributed by atoms with E-state index >= 15 is 0 Å². The van der Waals surface area contributed by atoms with Gasteiger partial charge in [-0.05, 0) is 25.8 Å². The minimum Gasteiger partial charge on any atom is -0.453 e. The number of ether oxygens (including phenoxy) is 1. The van der Waals surface area contributed by atoms with Crippen molar-refractivity contribution in [1.82, 2.24) is 10.1 Å². The molecular weight excluding hydrogens is 244 g/mol. The van der Waals surface area contributed by atoms with Gasteiger partial charge >= 0.3 is 5.97 Å². The van der Waals surface area contributed by atoms with Crippen molar-refractivity contribution < 1.29 is 14.1 Å². The van der Waals surface area contributed by atoms with Crippen LogP contribution in [0, 0.1) is 6.92 Å². The third-order valence-corrected chi connectivity index (χ3v) is 2.66. The van der Waals surface area contributed by atoms with E-state index in [1.807, 2.05) is 30.3 Å². The predicted octanol–water partition coefficient (Wildman–Crippen LogP) is 2.62. The molecule has 5 nitrogen and oxygen atoms in total. The monoisotopic (exact) mass is 260 g/mol. The van der Waals surface area contributed by atoms with Crippen LogP contribution in [0.4, 0.5) is 0 Å². The van der Waals surface area contributed by atoms with Crippen molar-refractivity contribution in [3.8, 4) is 0 Å². The van der Waals surface area contributed by atoms with E-state index in [9.17, 15) is 4.79 Å². The smallest absolute Gasteiger partial charge is 0.306 e. The van der Waals surface area contributed by atoms with Crippen molar-refractivity contribution >= 4 is 5.97 Å². The molecule has 1 unspecified atom stereocenters. The van der Waals surface area contributed by atoms with Crippen molar-refractivity contribution in [2.45, 2.75) is 32.8 Å². The lowest BCUT2D eigenvalue weighted by molar-refractivity contribution is -0.149. The van der Waals surface area contributed by atoms with E-state index < -0.39 is 6.10 Å². The summed E-state index contributed by atoms with van der Waals surface area (Å²) < 4.78 is 10.2. The van der Waals surface area contributed by atoms with Gasteiger partial charge in [0.1, 0.15) is 0 Å². The first-order valence-electron chi connectivity index (χ1n) is 6.19. The summed E-state index contributed by atoms with van der Waals surface area (Å²) in [7, 11) is 0. The van der Waals surface area contributed by atoms with Crippen LogP contribution in [-0.2, 0) is 16.0 Å². The molecule has 0 N–H and O–H groups in total. The molecule has 0 saturated carbocycles. The maximum Gasteiger partial charge on any atom is 0.306 e. The van der Waals surface area contributed by atoms with Crippen molar-refractivity contribution in [3.05, 3.63) is 47.6 Å². The molecule has 0 saturated heterocycles. The first-order valence-corrected chi connectivity index (χ1v) is 6.19. The molecule has 0 aliphatic carbocycles. The van der Waals surface area contributed by atoms with Gasteiger partial charge in [-0.15, -0.1) is 0 Å². The zero-order valence-electron chi connectivity index (χ0n) is 11.0. The Labute approximate surface area is 111 Å². The van der Waals surface area contributed by atoms with Gasteiger partial charge in [0.25, 0.3) is 5.89 Å². The van der Waals surface area contributed by atoms with E-state index in [0.717, 1.165) is 5.56 Å². The van der Waals surface area contributed by atoms with Gasteiger partial charge in [0, 0.05) is 6.42 Å². The Bertz CT molecular complexity index is 537. The highest BCUT2D eigenvalue weighted by molar-refractivity contribution is 5.69. The maximum absolute atomic E-state index is 11.7. The van der Waals surface area contributed by atoms with E-state index in [1.165, 1.54) is 0 Å². The first-order chi connectivity index (χ1) is 9.15. The topological polar surface area (TPSA) is 65.2 Å². The molecule has 1 atom stereocenters. The van der Waals surface area contributed by atoms with Crippen LogP contribution < -0.4 is 0 Å². The van der Waals surface area contributed by atoms with Crippen LogP contribution in [0.15, 0.2) is 34.9 Å². The summed E-state index contributed by atoms with van der Waals surface area (Å²) in [5, 5.41) is 3.66. The molecule has 0 radical (unpaired) electrons. The highest BCUT2D eigenvalue weighted by Crippen LogP contribution is 2.15. The molecule has 0 fully saturated rings. The maximum atomic E-state index is 11.7. The highest BCUT2D eigenvalue weighted by Gasteiger charge is 2.17. The van der Waals surface area contributed by atoms with Gasteiger partial charge in [0.15, 0.2) is 11.9 Å². The molecule has 100 valence electrons. The van der Waals surface area contributed by atoms with Gasteiger partial charge in [0.05, 0.1) is 0 Å². The van der Waals surface area contributed by atoms with E-state index in [2.05, 4.69) is 10.1 Å². The Balaban J connectivity index is 1.81. The molecule has 5 heteroatoms. The highest BCUT2D eigenvalue weighted by atomic mass is 16.6. The molecule has 1 aromatic heterocycles. The number of rotatable bonds is 5. The first kappa shape index (κ1) is 13.3. The van der Waals surface area contributed by atoms with Crippen molar-refractivity contribution in [3.63, 3.8) is 0 Å². The number of esters is 1. The summed E-state index contributed by atoms with van der Waals surface area (Å²) in [6.07, 6.45) is 0.487. The summed E-state index contributed by atoms with van der Waals surface area (Å²) in [6.45, 7) is 3.43. The van der Waals surface area contributed by atoms with Crippen LogP contribution in [0.3, 0.4) is 0 Å². The van der Waals surface area contributed by atoms with Crippen LogP contribution >= 0.6 is 0 Å². The van der Waals surface area contributed by atoms with Gasteiger partial charge < -0.3 is 9.26 Å². The second-order valence-electron chi connectivity index (χ2n) is 4.30. The molecule has 0 spiro atoms. The number of hydrogen-bond donors (Lipinski definition) is 0. The van der Waals surface area contributed by atoms with E-state index in [0.29, 0.717) is 24.6 Å². The fraction of sp³-hybridized carbons (Fsp3) is 0.357. The number of carbonyl (C=O) groups excluding carboxylic acids is 1. The third-order valence-electron chi connectivity index (χ3n) is 2.66. The molecule has 19 heavy (non-hydrogen) atoms. The molecule has 2 rings (SSSR count). The molecule has 0 aliphatic rings. The van der Waals surface area contributed by atoms with E-state index in [4.69, 9.17) is 9.26 Å². The lowest BCUT2D eigenvalue weighted by Crippen LogP contribution is -2.10. The van der Waals surface area contributed by atoms with Crippen molar-refractivity contribution in [2.24, 2.45) is 0 Å². The largest absolute Gasteiger partial charge is 0.453 e. The Morgan fingerprint density at radius 3 is 2.74 bits per heavy atom. The average Bonchev–Trinajstić information content (AvgIpc) is 2.84. The lowest BCUT2D eigenvalue weighted by atomic mass is 10.1. The minimum absolute atomic E-state index is 0.271. The van der Waals surface area contributed by atoms with E-state index in [1.54, 1.807) is 13.8 Å². The van der Waals surface area contributed by atoms with Crippen LogP contribution in [0.25, 0.3) is 0 Å². The number of nitrogens with zero attached hydrogens (tertiary/aromatic N) is 2. The lowest BCUT2D eigenvalue weighted by Gasteiger charge is -2.08. The number of aryl methyl sites for hydroxylation is 2. The molecule has 0 amide bonds. The molecule has 0 bridgehead atoms. The Kier molecular flexibility index (Phi) is 4.28. The van der Waals surface area contributed by atoms with Gasteiger partial charge in [-0.2, -0.15) is 4.98 Å². The van der Waals surface area contributed by atoms with Crippen LogP contribution in [0.1, 0.15) is 36.7 Å². The number of hydrogen-bond acceptors (Lipinski definition) is 5. The summed E-state index contributed by atoms with van der Waals surface area (Å²) in [5.74, 6) is 0.583. The molecule has 0 aliphatic heterocycles. The third kappa shape index (κ3) is 3.91. The van der Waals surface area contributed by atoms with Gasteiger partial charge in [0.2, 0.25) is 0 Å². The minimum atomic E-state index is -0.510.